The monoisotopic (exact) mass is 325 g/mol. The van der Waals surface area contributed by atoms with Crippen molar-refractivity contribution < 1.29 is 9.32 Å². The van der Waals surface area contributed by atoms with Gasteiger partial charge in [-0.2, -0.15) is 5.10 Å². The summed E-state index contributed by atoms with van der Waals surface area (Å²) in [6.07, 6.45) is 2.98. The Kier molecular flexibility index (Phi) is 3.99. The number of phenolic OH excluding ortho intramolecular Hbond substituents is 1. The molecular weight excluding hydrogens is 310 g/mol. The number of aromatic nitrogens is 1. The highest BCUT2D eigenvalue weighted by Crippen LogP contribution is 2.25. The number of rotatable bonds is 4. The average molecular weight is 325 g/mol. The van der Waals surface area contributed by atoms with Crippen LogP contribution in [0.2, 0.25) is 0 Å². The number of fused-ring (bicyclic) bond motifs is 1. The average Bonchev–Trinajstić information content (AvgIpc) is 2.57. The van der Waals surface area contributed by atoms with Gasteiger partial charge >= 0.3 is 0 Å². The molecule has 0 radical (unpaired) electrons. The fraction of sp³-hybridized carbons (Fsp3) is 0. The second-order valence-electron chi connectivity index (χ2n) is 4.91. The molecule has 3 aromatic rings. The third-order valence-corrected chi connectivity index (χ3v) is 4.63. The Balaban J connectivity index is 1.91. The molecule has 0 fully saturated rings. The van der Waals surface area contributed by atoms with Crippen LogP contribution in [0.25, 0.3) is 10.8 Å². The fourth-order valence-electron chi connectivity index (χ4n) is 2.18. The zero-order chi connectivity index (χ0) is 16.3. The van der Waals surface area contributed by atoms with Gasteiger partial charge in [0.25, 0.3) is 0 Å². The van der Waals surface area contributed by atoms with Crippen LogP contribution in [0.5, 0.6) is 5.75 Å². The lowest BCUT2D eigenvalue weighted by Gasteiger charge is -2.08. The Morgan fingerprint density at radius 1 is 1.13 bits per heavy atom. The van der Waals surface area contributed by atoms with E-state index in [-0.39, 0.29) is 5.75 Å². The van der Waals surface area contributed by atoms with Crippen LogP contribution in [0.3, 0.4) is 0 Å². The van der Waals surface area contributed by atoms with Crippen LogP contribution in [0.15, 0.2) is 70.9 Å². The van der Waals surface area contributed by atoms with Crippen LogP contribution in [-0.4, -0.2) is 26.4 Å². The molecule has 0 saturated carbocycles. The smallest absolute Gasteiger partial charge is 0.139 e. The summed E-state index contributed by atoms with van der Waals surface area (Å²) < 4.78 is 12.5. The van der Waals surface area contributed by atoms with Crippen LogP contribution in [0.4, 0.5) is 0 Å². The molecule has 1 unspecified atom stereocenters. The van der Waals surface area contributed by atoms with E-state index < -0.39 is 9.71 Å². The highest BCUT2D eigenvalue weighted by Gasteiger charge is 2.07. The minimum absolute atomic E-state index is 0.0997. The molecule has 0 aliphatic heterocycles. The van der Waals surface area contributed by atoms with Gasteiger partial charge in [0.1, 0.15) is 20.5 Å². The standard InChI is InChI=1S/C17H15N3O2S/c1-23(22,17-8-4-5-11-18-17)20-19-12-15-14-7-3-2-6-13(14)9-10-16(15)21/h2-12,21H,1H2,(H,20,22)/b19-12+. The van der Waals surface area contributed by atoms with Gasteiger partial charge in [-0.15, -0.1) is 0 Å². The van der Waals surface area contributed by atoms with E-state index in [9.17, 15) is 9.32 Å². The van der Waals surface area contributed by atoms with Crippen molar-refractivity contribution in [1.29, 1.82) is 0 Å². The number of benzene rings is 2. The van der Waals surface area contributed by atoms with E-state index in [4.69, 9.17) is 0 Å². The molecule has 1 heterocycles. The first-order chi connectivity index (χ1) is 11.1. The van der Waals surface area contributed by atoms with Crippen molar-refractivity contribution in [2.75, 3.05) is 0 Å². The SMILES string of the molecule is C=S(=O)(N/N=C/c1c(O)ccc2ccccc12)c1ccccn1. The Labute approximate surface area is 134 Å². The van der Waals surface area contributed by atoms with Crippen LogP contribution < -0.4 is 4.83 Å². The second kappa shape index (κ2) is 6.10. The highest BCUT2D eigenvalue weighted by atomic mass is 32.2. The van der Waals surface area contributed by atoms with Gasteiger partial charge in [0.15, 0.2) is 0 Å². The maximum absolute atomic E-state index is 12.5. The van der Waals surface area contributed by atoms with E-state index in [1.807, 2.05) is 30.3 Å². The molecule has 116 valence electrons. The molecule has 0 amide bonds. The van der Waals surface area contributed by atoms with Gasteiger partial charge in [0.2, 0.25) is 0 Å². The summed E-state index contributed by atoms with van der Waals surface area (Å²) >= 11 is 0. The van der Waals surface area contributed by atoms with Gasteiger partial charge in [-0.3, -0.25) is 0 Å². The molecule has 0 aliphatic carbocycles. The van der Waals surface area contributed by atoms with Crippen molar-refractivity contribution in [1.82, 2.24) is 9.82 Å². The number of nitrogens with zero attached hydrogens (tertiary/aromatic N) is 2. The summed E-state index contributed by atoms with van der Waals surface area (Å²) in [7, 11) is -2.84. The van der Waals surface area contributed by atoms with Crippen LogP contribution in [0.1, 0.15) is 5.56 Å². The number of pyridine rings is 1. The summed E-state index contributed by atoms with van der Waals surface area (Å²) in [5.74, 6) is 3.73. The summed E-state index contributed by atoms with van der Waals surface area (Å²) in [5, 5.41) is 16.2. The van der Waals surface area contributed by atoms with E-state index in [0.29, 0.717) is 10.6 Å². The van der Waals surface area contributed by atoms with Gasteiger partial charge in [0, 0.05) is 11.8 Å². The maximum Gasteiger partial charge on any atom is 0.139 e. The lowest BCUT2D eigenvalue weighted by Crippen LogP contribution is -2.19. The Morgan fingerprint density at radius 3 is 2.70 bits per heavy atom. The van der Waals surface area contributed by atoms with Crippen molar-refractivity contribution in [2.24, 2.45) is 5.10 Å². The highest BCUT2D eigenvalue weighted by molar-refractivity contribution is 7.98. The Bertz CT molecular complexity index is 968. The van der Waals surface area contributed by atoms with Crippen LogP contribution >= 0.6 is 0 Å². The Hall–Kier alpha value is -2.86. The summed E-state index contributed by atoms with van der Waals surface area (Å²) in [5.41, 5.74) is 0.548. The first kappa shape index (κ1) is 15.1. The molecule has 2 N–H and O–H groups in total. The fourth-order valence-corrected chi connectivity index (χ4v) is 3.03. The predicted octanol–water partition coefficient (Wildman–Crippen LogP) is 2.55. The van der Waals surface area contributed by atoms with E-state index in [1.165, 1.54) is 6.21 Å². The number of nitrogens with one attached hydrogen (secondary N) is 1. The molecule has 0 saturated heterocycles. The molecule has 23 heavy (non-hydrogen) atoms. The largest absolute Gasteiger partial charge is 0.507 e. The molecule has 3 rings (SSSR count). The number of hydrogen-bond donors (Lipinski definition) is 2. The van der Waals surface area contributed by atoms with Gasteiger partial charge in [-0.05, 0) is 34.8 Å². The van der Waals surface area contributed by atoms with Crippen molar-refractivity contribution in [3.8, 4) is 5.75 Å². The number of hydrazone groups is 1. The van der Waals surface area contributed by atoms with Crippen molar-refractivity contribution in [2.45, 2.75) is 5.03 Å². The van der Waals surface area contributed by atoms with Gasteiger partial charge in [-0.1, -0.05) is 36.4 Å². The quantitative estimate of drug-likeness (QED) is 0.440. The first-order valence-corrected chi connectivity index (χ1v) is 8.59. The molecular formula is C17H15N3O2S. The topological polar surface area (TPSA) is 74.6 Å². The second-order valence-corrected chi connectivity index (χ2v) is 6.86. The molecule has 1 atom stereocenters. The molecule has 1 aromatic heterocycles. The zero-order valence-corrected chi connectivity index (χ0v) is 13.0. The minimum atomic E-state index is -2.84. The lowest BCUT2D eigenvalue weighted by molar-refractivity contribution is 0.475. The first-order valence-electron chi connectivity index (χ1n) is 6.87. The summed E-state index contributed by atoms with van der Waals surface area (Å²) in [6, 6.07) is 16.1. The lowest BCUT2D eigenvalue weighted by atomic mass is 10.0. The van der Waals surface area contributed by atoms with Crippen molar-refractivity contribution in [3.05, 3.63) is 66.4 Å². The zero-order valence-electron chi connectivity index (χ0n) is 12.2. The number of phenols is 1. The van der Waals surface area contributed by atoms with Gasteiger partial charge in [-0.25, -0.2) is 14.0 Å². The van der Waals surface area contributed by atoms with Gasteiger partial charge in [0.05, 0.1) is 6.21 Å². The molecule has 0 bridgehead atoms. The molecule has 6 heteroatoms. The molecule has 0 spiro atoms. The maximum atomic E-state index is 12.5. The molecule has 5 nitrogen and oxygen atoms in total. The van der Waals surface area contributed by atoms with E-state index in [1.54, 1.807) is 30.5 Å². The number of aromatic hydroxyl groups is 1. The van der Waals surface area contributed by atoms with E-state index in [2.05, 4.69) is 20.8 Å². The minimum Gasteiger partial charge on any atom is -0.507 e. The summed E-state index contributed by atoms with van der Waals surface area (Å²) in [6.45, 7) is 0. The summed E-state index contributed by atoms with van der Waals surface area (Å²) in [4.78, 5) is 6.55. The third kappa shape index (κ3) is 3.17. The number of hydrogen-bond acceptors (Lipinski definition) is 4. The van der Waals surface area contributed by atoms with E-state index in [0.717, 1.165) is 10.8 Å². The molecule has 2 aromatic carbocycles. The van der Waals surface area contributed by atoms with Crippen LogP contribution in [0, 0.1) is 0 Å². The van der Waals surface area contributed by atoms with Crippen molar-refractivity contribution in [3.63, 3.8) is 0 Å². The predicted molar refractivity (Wildman–Crippen MR) is 94.1 cm³/mol. The normalized spacial score (nSPS) is 13.9. The van der Waals surface area contributed by atoms with Crippen LogP contribution in [-0.2, 0) is 9.71 Å². The molecule has 0 aliphatic rings. The van der Waals surface area contributed by atoms with E-state index >= 15 is 0 Å². The van der Waals surface area contributed by atoms with Crippen molar-refractivity contribution >= 4 is 32.6 Å². The van der Waals surface area contributed by atoms with Gasteiger partial charge < -0.3 is 5.11 Å². The Morgan fingerprint density at radius 2 is 1.91 bits per heavy atom. The third-order valence-electron chi connectivity index (χ3n) is 3.32.